The lowest BCUT2D eigenvalue weighted by atomic mass is 9.95. The molecular weight excluding hydrogens is 428 g/mol. The standard InChI is InChI=1S/C23H16Cl2FNO3/c1-29-9-10-30-19-8-7-15(13-27)20(22(19)26)17-11-16(12-18(24)21(17)25)23(28)14-5-3-2-4-6-14/h2-8,11-12H,9-10H2,1H3. The number of hydrogen-bond donors (Lipinski definition) is 0. The first-order valence-corrected chi connectivity index (χ1v) is 9.67. The highest BCUT2D eigenvalue weighted by atomic mass is 35.5. The van der Waals surface area contributed by atoms with Crippen LogP contribution < -0.4 is 4.74 Å². The molecule has 0 aliphatic heterocycles. The van der Waals surface area contributed by atoms with Gasteiger partial charge in [-0.3, -0.25) is 4.79 Å². The summed E-state index contributed by atoms with van der Waals surface area (Å²) in [6, 6.07) is 16.2. The lowest BCUT2D eigenvalue weighted by Gasteiger charge is -2.15. The maximum absolute atomic E-state index is 15.3. The number of hydrogen-bond acceptors (Lipinski definition) is 4. The van der Waals surface area contributed by atoms with Crippen molar-refractivity contribution in [1.29, 1.82) is 5.26 Å². The minimum atomic E-state index is -0.771. The van der Waals surface area contributed by atoms with E-state index in [1.54, 1.807) is 30.3 Å². The first kappa shape index (κ1) is 21.8. The van der Waals surface area contributed by atoms with Crippen LogP contribution in [0.5, 0.6) is 5.75 Å². The third-order valence-corrected chi connectivity index (χ3v) is 5.17. The van der Waals surface area contributed by atoms with Crippen molar-refractivity contribution in [3.8, 4) is 22.9 Å². The summed E-state index contributed by atoms with van der Waals surface area (Å²) in [6.07, 6.45) is 0. The molecule has 0 N–H and O–H groups in total. The number of benzene rings is 3. The molecule has 0 aliphatic rings. The summed E-state index contributed by atoms with van der Waals surface area (Å²) in [6.45, 7) is 0.391. The molecule has 152 valence electrons. The number of carbonyl (C=O) groups excluding carboxylic acids is 1. The summed E-state index contributed by atoms with van der Waals surface area (Å²) in [7, 11) is 1.50. The number of ketones is 1. The minimum absolute atomic E-state index is 0.0331. The van der Waals surface area contributed by atoms with Gasteiger partial charge < -0.3 is 9.47 Å². The minimum Gasteiger partial charge on any atom is -0.488 e. The van der Waals surface area contributed by atoms with Crippen LogP contribution >= 0.6 is 23.2 Å². The van der Waals surface area contributed by atoms with E-state index in [4.69, 9.17) is 32.7 Å². The zero-order chi connectivity index (χ0) is 21.7. The molecule has 0 radical (unpaired) electrons. The summed E-state index contributed by atoms with van der Waals surface area (Å²) in [5.74, 6) is -1.14. The van der Waals surface area contributed by atoms with Gasteiger partial charge in [-0.05, 0) is 24.3 Å². The maximum Gasteiger partial charge on any atom is 0.193 e. The van der Waals surface area contributed by atoms with Crippen molar-refractivity contribution in [1.82, 2.24) is 0 Å². The third kappa shape index (κ3) is 4.47. The van der Waals surface area contributed by atoms with Crippen molar-refractivity contribution in [2.24, 2.45) is 0 Å². The maximum atomic E-state index is 15.3. The van der Waals surface area contributed by atoms with Gasteiger partial charge in [-0.25, -0.2) is 4.39 Å². The Balaban J connectivity index is 2.15. The van der Waals surface area contributed by atoms with E-state index in [0.29, 0.717) is 5.56 Å². The van der Waals surface area contributed by atoms with Gasteiger partial charge in [-0.1, -0.05) is 53.5 Å². The molecule has 0 saturated carbocycles. The largest absolute Gasteiger partial charge is 0.488 e. The lowest BCUT2D eigenvalue weighted by molar-refractivity contribution is 0.103. The molecule has 0 fully saturated rings. The van der Waals surface area contributed by atoms with E-state index in [1.807, 2.05) is 6.07 Å². The van der Waals surface area contributed by atoms with Gasteiger partial charge in [0.1, 0.15) is 6.61 Å². The van der Waals surface area contributed by atoms with Crippen molar-refractivity contribution in [2.75, 3.05) is 20.3 Å². The highest BCUT2D eigenvalue weighted by Gasteiger charge is 2.22. The number of halogens is 3. The molecule has 0 saturated heterocycles. The zero-order valence-corrected chi connectivity index (χ0v) is 17.4. The summed E-state index contributed by atoms with van der Waals surface area (Å²) in [5.41, 5.74) is 0.754. The topological polar surface area (TPSA) is 59.3 Å². The van der Waals surface area contributed by atoms with E-state index in [-0.39, 0.29) is 57.0 Å². The van der Waals surface area contributed by atoms with Crippen LogP contribution in [0.2, 0.25) is 10.0 Å². The molecule has 4 nitrogen and oxygen atoms in total. The predicted molar refractivity (Wildman–Crippen MR) is 114 cm³/mol. The van der Waals surface area contributed by atoms with Gasteiger partial charge in [-0.15, -0.1) is 0 Å². The average Bonchev–Trinajstić information content (AvgIpc) is 2.77. The number of rotatable bonds is 7. The van der Waals surface area contributed by atoms with Crippen molar-refractivity contribution < 1.29 is 18.7 Å². The SMILES string of the molecule is COCCOc1ccc(C#N)c(-c2cc(C(=O)c3ccccc3)cc(Cl)c2Cl)c1F. The van der Waals surface area contributed by atoms with Gasteiger partial charge in [-0.2, -0.15) is 5.26 Å². The fourth-order valence-electron chi connectivity index (χ4n) is 2.92. The van der Waals surface area contributed by atoms with E-state index in [1.165, 1.54) is 31.4 Å². The van der Waals surface area contributed by atoms with E-state index >= 15 is 4.39 Å². The molecule has 7 heteroatoms. The Hall–Kier alpha value is -2.91. The van der Waals surface area contributed by atoms with Gasteiger partial charge >= 0.3 is 0 Å². The first-order valence-electron chi connectivity index (χ1n) is 8.91. The summed E-state index contributed by atoms with van der Waals surface area (Å²) in [4.78, 5) is 12.9. The van der Waals surface area contributed by atoms with Gasteiger partial charge in [0, 0.05) is 29.4 Å². The molecule has 0 heterocycles. The zero-order valence-electron chi connectivity index (χ0n) is 15.9. The highest BCUT2D eigenvalue weighted by molar-refractivity contribution is 6.44. The molecular formula is C23H16Cl2FNO3. The second kappa shape index (κ2) is 9.73. The van der Waals surface area contributed by atoms with Gasteiger partial charge in [0.15, 0.2) is 17.3 Å². The third-order valence-electron chi connectivity index (χ3n) is 4.37. The number of carbonyl (C=O) groups is 1. The Morgan fingerprint density at radius 3 is 2.47 bits per heavy atom. The smallest absolute Gasteiger partial charge is 0.193 e. The molecule has 0 bridgehead atoms. The van der Waals surface area contributed by atoms with Crippen molar-refractivity contribution in [2.45, 2.75) is 0 Å². The van der Waals surface area contributed by atoms with Gasteiger partial charge in [0.05, 0.1) is 28.3 Å². The van der Waals surface area contributed by atoms with Crippen LogP contribution in [0.25, 0.3) is 11.1 Å². The van der Waals surface area contributed by atoms with E-state index in [9.17, 15) is 10.1 Å². The first-order chi connectivity index (χ1) is 14.5. The molecule has 0 unspecified atom stereocenters. The lowest BCUT2D eigenvalue weighted by Crippen LogP contribution is -2.07. The van der Waals surface area contributed by atoms with Crippen LogP contribution in [-0.4, -0.2) is 26.1 Å². The molecule has 0 aliphatic carbocycles. The molecule has 0 amide bonds. The number of nitriles is 1. The molecule has 0 spiro atoms. The van der Waals surface area contributed by atoms with Crippen LogP contribution in [0.3, 0.4) is 0 Å². The van der Waals surface area contributed by atoms with Crippen LogP contribution in [-0.2, 0) is 4.74 Å². The Kier molecular flexibility index (Phi) is 7.07. The van der Waals surface area contributed by atoms with Crippen LogP contribution in [0, 0.1) is 17.1 Å². The van der Waals surface area contributed by atoms with Crippen molar-refractivity contribution in [3.05, 3.63) is 87.2 Å². The molecule has 3 aromatic carbocycles. The van der Waals surface area contributed by atoms with Crippen molar-refractivity contribution in [3.63, 3.8) is 0 Å². The fraction of sp³-hybridized carbons (Fsp3) is 0.130. The summed E-state index contributed by atoms with van der Waals surface area (Å²) in [5, 5.41) is 9.61. The van der Waals surface area contributed by atoms with E-state index in [0.717, 1.165) is 0 Å². The number of methoxy groups -OCH3 is 1. The van der Waals surface area contributed by atoms with Crippen molar-refractivity contribution >= 4 is 29.0 Å². The highest BCUT2D eigenvalue weighted by Crippen LogP contribution is 2.40. The monoisotopic (exact) mass is 443 g/mol. The Bertz CT molecular complexity index is 1130. The Labute approximate surface area is 183 Å². The summed E-state index contributed by atoms with van der Waals surface area (Å²) < 4.78 is 25.6. The van der Waals surface area contributed by atoms with Crippen LogP contribution in [0.1, 0.15) is 21.5 Å². The average molecular weight is 444 g/mol. The molecule has 0 atom stereocenters. The Morgan fingerprint density at radius 2 is 1.80 bits per heavy atom. The number of nitrogens with zero attached hydrogens (tertiary/aromatic N) is 1. The predicted octanol–water partition coefficient (Wildman–Crippen LogP) is 5.93. The van der Waals surface area contributed by atoms with E-state index in [2.05, 4.69) is 0 Å². The van der Waals surface area contributed by atoms with Gasteiger partial charge in [0.25, 0.3) is 0 Å². The molecule has 0 aromatic heterocycles. The quantitative estimate of drug-likeness (QED) is 0.335. The molecule has 30 heavy (non-hydrogen) atoms. The molecule has 3 aromatic rings. The second-order valence-electron chi connectivity index (χ2n) is 6.27. The van der Waals surface area contributed by atoms with Crippen LogP contribution in [0.15, 0.2) is 54.6 Å². The normalized spacial score (nSPS) is 10.5. The van der Waals surface area contributed by atoms with Crippen LogP contribution in [0.4, 0.5) is 4.39 Å². The van der Waals surface area contributed by atoms with Gasteiger partial charge in [0.2, 0.25) is 0 Å². The second-order valence-corrected chi connectivity index (χ2v) is 7.05. The van der Waals surface area contributed by atoms with E-state index < -0.39 is 5.82 Å². The Morgan fingerprint density at radius 1 is 1.07 bits per heavy atom. The fourth-order valence-corrected chi connectivity index (χ4v) is 3.34. The molecule has 3 rings (SSSR count). The number of ether oxygens (including phenoxy) is 2. The summed E-state index contributed by atoms with van der Waals surface area (Å²) >= 11 is 12.6.